The Bertz CT molecular complexity index is 2810. The van der Waals surface area contributed by atoms with Crippen molar-refractivity contribution < 1.29 is 18.7 Å². The second-order valence-corrected chi connectivity index (χ2v) is 21.8. The molecule has 8 rings (SSSR count). The van der Waals surface area contributed by atoms with Gasteiger partial charge in [-0.3, -0.25) is 9.59 Å². The Hall–Kier alpha value is -5.27. The third-order valence-corrected chi connectivity index (χ3v) is 15.4. The number of hydrogen-bond acceptors (Lipinski definition) is 5. The molecule has 342 valence electrons. The van der Waals surface area contributed by atoms with Crippen molar-refractivity contribution in [2.45, 2.75) is 95.8 Å². The normalized spacial score (nSPS) is 17.6. The number of nitrogens with zero attached hydrogens (tertiary/aromatic N) is 2. The monoisotopic (exact) mass is 917 g/mol. The number of carbonyl (C=O) groups excluding carboxylic acids is 2. The first-order chi connectivity index (χ1) is 31.8. The molecule has 0 atom stereocenters. The summed E-state index contributed by atoms with van der Waals surface area (Å²) in [5.74, 6) is -0.116. The fraction of sp³-hybridized carbons (Fsp3) is 0.351. The molecular formula is C57H66N4O3PS+. The van der Waals surface area contributed by atoms with Crippen LogP contribution < -0.4 is 15.5 Å². The van der Waals surface area contributed by atoms with Crippen LogP contribution in [0, 0.1) is 0 Å². The van der Waals surface area contributed by atoms with Gasteiger partial charge in [-0.1, -0.05) is 92.4 Å². The van der Waals surface area contributed by atoms with Crippen LogP contribution in [0.25, 0.3) is 21.5 Å². The van der Waals surface area contributed by atoms with E-state index in [0.717, 1.165) is 42.9 Å². The second kappa shape index (κ2) is 20.3. The van der Waals surface area contributed by atoms with E-state index in [0.29, 0.717) is 26.0 Å². The number of hydrogen-bond donors (Lipinski definition) is 2. The summed E-state index contributed by atoms with van der Waals surface area (Å²) in [4.78, 5) is 30.1. The largest absolute Gasteiger partial charge is 0.360 e. The number of allylic oxidation sites excluding steroid dienone is 7. The first-order valence-corrected chi connectivity index (χ1v) is 26.7. The van der Waals surface area contributed by atoms with Gasteiger partial charge in [0.1, 0.15) is 6.54 Å². The molecule has 2 heterocycles. The fourth-order valence-electron chi connectivity index (χ4n) is 10.3. The Balaban J connectivity index is 1.05. The quantitative estimate of drug-likeness (QED) is 0.0552. The van der Waals surface area contributed by atoms with E-state index < -0.39 is 0 Å². The number of rotatable bonds is 17. The number of benzene rings is 5. The summed E-state index contributed by atoms with van der Waals surface area (Å²) in [5.41, 5.74) is 11.1. The molecule has 0 radical (unpaired) electrons. The number of carbonyl (C=O) groups is 2. The summed E-state index contributed by atoms with van der Waals surface area (Å²) < 4.78 is 8.11. The standard InChI is InChI=1S/C57H65N4O3PS/c1-9-60-47-33-25-39-17-11-13-19-45(39)53(47)56(3,4)49(60)35-27-41-23-24-42(28-36-50-57(5,6)54-46-20-14-12-18-40(46)26-34-48(54)61(50)10-2)55(41)66-44-31-29-43(30-32-44)59-52(63)22-15-21-51(62)58-37-16-38-64-65(7)8/h11-14,17-20,25-36H,9-10,15-16,21-24,37-38H2,1-8H3,(H-,58,59,62,63)/p+1. The van der Waals surface area contributed by atoms with Crippen molar-refractivity contribution in [3.8, 4) is 0 Å². The number of thioether (sulfide) groups is 1. The maximum absolute atomic E-state index is 12.9. The molecule has 1 aliphatic carbocycles. The van der Waals surface area contributed by atoms with Gasteiger partial charge < -0.3 is 20.1 Å². The lowest BCUT2D eigenvalue weighted by Gasteiger charge is -2.26. The van der Waals surface area contributed by atoms with E-state index >= 15 is 0 Å². The van der Waals surface area contributed by atoms with E-state index in [1.54, 1.807) is 0 Å². The Morgan fingerprint density at radius 1 is 0.773 bits per heavy atom. The van der Waals surface area contributed by atoms with Crippen LogP contribution in [0.15, 0.2) is 148 Å². The number of likely N-dealkylation sites (N-methyl/N-ethyl adjacent to an activating group) is 1. The summed E-state index contributed by atoms with van der Waals surface area (Å²) >= 11 is 1.81. The van der Waals surface area contributed by atoms with E-state index in [4.69, 9.17) is 4.52 Å². The molecule has 0 bridgehead atoms. The number of fused-ring (bicyclic) bond motifs is 6. The van der Waals surface area contributed by atoms with Crippen LogP contribution in [0.2, 0.25) is 0 Å². The van der Waals surface area contributed by atoms with Gasteiger partial charge in [-0.2, -0.15) is 4.58 Å². The molecule has 0 spiro atoms. The highest BCUT2D eigenvalue weighted by molar-refractivity contribution is 8.03. The van der Waals surface area contributed by atoms with Crippen molar-refractivity contribution in [1.82, 2.24) is 5.32 Å². The van der Waals surface area contributed by atoms with Crippen LogP contribution in [-0.4, -0.2) is 61.7 Å². The van der Waals surface area contributed by atoms with Crippen molar-refractivity contribution in [3.63, 3.8) is 0 Å². The lowest BCUT2D eigenvalue weighted by molar-refractivity contribution is -0.433. The summed E-state index contributed by atoms with van der Waals surface area (Å²) in [6.07, 6.45) is 13.4. The molecule has 5 aromatic rings. The van der Waals surface area contributed by atoms with Crippen LogP contribution in [0.3, 0.4) is 0 Å². The van der Waals surface area contributed by atoms with E-state index in [9.17, 15) is 9.59 Å². The van der Waals surface area contributed by atoms with E-state index in [2.05, 4.69) is 184 Å². The summed E-state index contributed by atoms with van der Waals surface area (Å²) in [5, 5.41) is 11.2. The lowest BCUT2D eigenvalue weighted by atomic mass is 9.79. The number of nitrogens with one attached hydrogen (secondary N) is 2. The first-order valence-electron chi connectivity index (χ1n) is 23.8. The van der Waals surface area contributed by atoms with Gasteiger partial charge in [-0.15, -0.1) is 0 Å². The van der Waals surface area contributed by atoms with Crippen LogP contribution in [-0.2, 0) is 24.9 Å². The van der Waals surface area contributed by atoms with Crippen LogP contribution in [0.5, 0.6) is 0 Å². The van der Waals surface area contributed by atoms with Gasteiger partial charge in [-0.25, -0.2) is 0 Å². The molecule has 2 N–H and O–H groups in total. The van der Waals surface area contributed by atoms with Crippen molar-refractivity contribution in [2.75, 3.05) is 49.8 Å². The molecule has 9 heteroatoms. The molecule has 2 amide bonds. The van der Waals surface area contributed by atoms with Gasteiger partial charge in [0.25, 0.3) is 0 Å². The number of anilines is 2. The zero-order valence-corrected chi connectivity index (χ0v) is 41.8. The van der Waals surface area contributed by atoms with Crippen molar-refractivity contribution in [2.24, 2.45) is 0 Å². The molecule has 0 unspecified atom stereocenters. The smallest absolute Gasteiger partial charge is 0.224 e. The van der Waals surface area contributed by atoms with Crippen molar-refractivity contribution >= 4 is 76.0 Å². The Kier molecular flexibility index (Phi) is 14.5. The highest BCUT2D eigenvalue weighted by Gasteiger charge is 2.45. The highest BCUT2D eigenvalue weighted by Crippen LogP contribution is 2.51. The minimum Gasteiger partial charge on any atom is -0.360 e. The Labute approximate surface area is 398 Å². The van der Waals surface area contributed by atoms with Crippen molar-refractivity contribution in [1.29, 1.82) is 0 Å². The first kappa shape index (κ1) is 47.2. The van der Waals surface area contributed by atoms with E-state index in [-0.39, 0.29) is 37.2 Å². The summed E-state index contributed by atoms with van der Waals surface area (Å²) in [6.45, 7) is 21.2. The maximum Gasteiger partial charge on any atom is 0.224 e. The van der Waals surface area contributed by atoms with Gasteiger partial charge in [0, 0.05) is 84.1 Å². The zero-order valence-electron chi connectivity index (χ0n) is 40.1. The molecule has 0 saturated heterocycles. The van der Waals surface area contributed by atoms with Gasteiger partial charge in [0.05, 0.1) is 12.0 Å². The number of amides is 2. The zero-order chi connectivity index (χ0) is 46.6. The fourth-order valence-corrected chi connectivity index (χ4v) is 11.9. The molecule has 0 saturated carbocycles. The SMILES string of the molecule is CCN1/C(=C/C=C2\CCC(/C=C/C3=[N+](CC)c4ccc5ccccc5c4C3(C)C)=C2Sc2ccc(NC(=O)CCCC(=O)NCCCOP(C)C)cc2)C(C)(C)c2c1ccc1ccccc21. The summed E-state index contributed by atoms with van der Waals surface area (Å²) in [7, 11) is -0.386. The predicted octanol–water partition coefficient (Wildman–Crippen LogP) is 13.7. The average molecular weight is 918 g/mol. The molecule has 3 aliphatic rings. The third-order valence-electron chi connectivity index (χ3n) is 13.4. The molecule has 7 nitrogen and oxygen atoms in total. The third kappa shape index (κ3) is 9.74. The average Bonchev–Trinajstić information content (AvgIpc) is 3.87. The van der Waals surface area contributed by atoms with E-state index in [1.165, 1.54) is 71.5 Å². The summed E-state index contributed by atoms with van der Waals surface area (Å²) in [6, 6.07) is 34.9. The maximum atomic E-state index is 12.9. The molecule has 5 aromatic carbocycles. The van der Waals surface area contributed by atoms with Crippen molar-refractivity contribution in [3.05, 3.63) is 154 Å². The highest BCUT2D eigenvalue weighted by atomic mass is 32.2. The topological polar surface area (TPSA) is 73.7 Å². The Morgan fingerprint density at radius 2 is 1.45 bits per heavy atom. The molecule has 66 heavy (non-hydrogen) atoms. The predicted molar refractivity (Wildman–Crippen MR) is 281 cm³/mol. The Morgan fingerprint density at radius 3 is 2.15 bits per heavy atom. The molecular weight excluding hydrogens is 852 g/mol. The molecule has 0 aromatic heterocycles. The minimum atomic E-state index is -0.386. The molecule has 2 aliphatic heterocycles. The minimum absolute atomic E-state index is 0.0280. The molecule has 0 fully saturated rings. The van der Waals surface area contributed by atoms with Crippen LogP contribution >= 0.6 is 19.9 Å². The van der Waals surface area contributed by atoms with Gasteiger partial charge in [0.2, 0.25) is 17.5 Å². The van der Waals surface area contributed by atoms with Gasteiger partial charge in [-0.05, 0) is 147 Å². The second-order valence-electron chi connectivity index (χ2n) is 18.8. The lowest BCUT2D eigenvalue weighted by Crippen LogP contribution is -2.27. The van der Waals surface area contributed by atoms with Crippen LogP contribution in [0.4, 0.5) is 17.1 Å². The van der Waals surface area contributed by atoms with Gasteiger partial charge in [0.15, 0.2) is 5.71 Å². The van der Waals surface area contributed by atoms with Crippen LogP contribution in [0.1, 0.15) is 91.2 Å². The van der Waals surface area contributed by atoms with E-state index in [1.807, 2.05) is 23.9 Å². The van der Waals surface area contributed by atoms with Gasteiger partial charge >= 0.3 is 0 Å².